The van der Waals surface area contributed by atoms with Crippen molar-refractivity contribution in [2.45, 2.75) is 19.8 Å². The maximum atomic E-state index is 11.8. The summed E-state index contributed by atoms with van der Waals surface area (Å²) in [6.45, 7) is 1.97. The summed E-state index contributed by atoms with van der Waals surface area (Å²) in [5, 5.41) is 12.1. The topological polar surface area (TPSA) is 49.3 Å². The average Bonchev–Trinajstić information content (AvgIpc) is 2.41. The van der Waals surface area contributed by atoms with Crippen molar-refractivity contribution in [3.05, 3.63) is 59.7 Å². The number of aryl methyl sites for hydroxylation is 2. The standard InChI is InChI=1S/C16H17NO2/c1-12-4-2-3-5-15(12)17-16(19)11-8-13-6-9-14(18)10-7-13/h2-7,9-10,18H,8,11H2,1H3,(H,17,19). The SMILES string of the molecule is Cc1ccccc1NC(=O)CCc1ccc(O)cc1. The summed E-state index contributed by atoms with van der Waals surface area (Å²) in [5.74, 6) is 0.246. The van der Waals surface area contributed by atoms with Gasteiger partial charge in [-0.1, -0.05) is 30.3 Å². The zero-order chi connectivity index (χ0) is 13.7. The second-order valence-corrected chi connectivity index (χ2v) is 4.53. The molecule has 0 fully saturated rings. The normalized spacial score (nSPS) is 10.2. The number of carbonyl (C=O) groups is 1. The number of benzene rings is 2. The molecule has 2 rings (SSSR count). The van der Waals surface area contributed by atoms with E-state index < -0.39 is 0 Å². The van der Waals surface area contributed by atoms with Gasteiger partial charge in [0, 0.05) is 12.1 Å². The number of nitrogens with one attached hydrogen (secondary N) is 1. The molecule has 0 aliphatic rings. The Bertz CT molecular complexity index is 561. The number of hydrogen-bond donors (Lipinski definition) is 2. The number of rotatable bonds is 4. The highest BCUT2D eigenvalue weighted by Crippen LogP contribution is 2.15. The van der Waals surface area contributed by atoms with Crippen molar-refractivity contribution < 1.29 is 9.90 Å². The smallest absolute Gasteiger partial charge is 0.224 e. The summed E-state index contributed by atoms with van der Waals surface area (Å²) in [7, 11) is 0. The molecule has 3 heteroatoms. The summed E-state index contributed by atoms with van der Waals surface area (Å²) in [4.78, 5) is 11.8. The molecule has 0 bridgehead atoms. The van der Waals surface area contributed by atoms with Gasteiger partial charge >= 0.3 is 0 Å². The number of hydrogen-bond acceptors (Lipinski definition) is 2. The fourth-order valence-electron chi connectivity index (χ4n) is 1.85. The van der Waals surface area contributed by atoms with Crippen LogP contribution in [0.2, 0.25) is 0 Å². The first-order valence-electron chi connectivity index (χ1n) is 6.28. The van der Waals surface area contributed by atoms with Crippen molar-refractivity contribution in [1.29, 1.82) is 0 Å². The molecule has 2 N–H and O–H groups in total. The lowest BCUT2D eigenvalue weighted by atomic mass is 10.1. The number of anilines is 1. The van der Waals surface area contributed by atoms with Crippen molar-refractivity contribution >= 4 is 11.6 Å². The quantitative estimate of drug-likeness (QED) is 0.880. The number of carbonyl (C=O) groups excluding carboxylic acids is 1. The Morgan fingerprint density at radius 2 is 1.79 bits per heavy atom. The van der Waals surface area contributed by atoms with Gasteiger partial charge in [-0.25, -0.2) is 0 Å². The molecule has 1 amide bonds. The number of para-hydroxylation sites is 1. The van der Waals surface area contributed by atoms with E-state index in [1.54, 1.807) is 12.1 Å². The third-order valence-electron chi connectivity index (χ3n) is 3.00. The molecule has 3 nitrogen and oxygen atoms in total. The molecular weight excluding hydrogens is 238 g/mol. The first-order chi connectivity index (χ1) is 9.15. The van der Waals surface area contributed by atoms with Crippen molar-refractivity contribution in [3.63, 3.8) is 0 Å². The van der Waals surface area contributed by atoms with E-state index in [-0.39, 0.29) is 11.7 Å². The molecule has 0 unspecified atom stereocenters. The first kappa shape index (κ1) is 13.1. The van der Waals surface area contributed by atoms with Gasteiger partial charge in [-0.3, -0.25) is 4.79 Å². The molecule has 0 aliphatic heterocycles. The van der Waals surface area contributed by atoms with Gasteiger partial charge < -0.3 is 10.4 Å². The molecule has 0 heterocycles. The summed E-state index contributed by atoms with van der Waals surface area (Å²) < 4.78 is 0. The minimum atomic E-state index is 0.00220. The molecular formula is C16H17NO2. The Morgan fingerprint density at radius 3 is 2.47 bits per heavy atom. The molecule has 0 saturated carbocycles. The second kappa shape index (κ2) is 6.05. The Kier molecular flexibility index (Phi) is 4.18. The van der Waals surface area contributed by atoms with Gasteiger partial charge in [0.1, 0.15) is 5.75 Å². The van der Waals surface area contributed by atoms with Gasteiger partial charge in [-0.05, 0) is 42.7 Å². The Labute approximate surface area is 112 Å². The average molecular weight is 255 g/mol. The van der Waals surface area contributed by atoms with Crippen LogP contribution in [0.3, 0.4) is 0 Å². The van der Waals surface area contributed by atoms with Gasteiger partial charge in [-0.2, -0.15) is 0 Å². The predicted molar refractivity (Wildman–Crippen MR) is 76.2 cm³/mol. The Balaban J connectivity index is 1.88. The fourth-order valence-corrected chi connectivity index (χ4v) is 1.85. The largest absolute Gasteiger partial charge is 0.508 e. The molecule has 0 saturated heterocycles. The molecule has 98 valence electrons. The monoisotopic (exact) mass is 255 g/mol. The number of phenols is 1. The zero-order valence-corrected chi connectivity index (χ0v) is 10.9. The number of amides is 1. The Morgan fingerprint density at radius 1 is 1.11 bits per heavy atom. The van der Waals surface area contributed by atoms with Crippen molar-refractivity contribution in [1.82, 2.24) is 0 Å². The third kappa shape index (κ3) is 3.85. The molecule has 0 aromatic heterocycles. The van der Waals surface area contributed by atoms with Crippen LogP contribution >= 0.6 is 0 Å². The fraction of sp³-hybridized carbons (Fsp3) is 0.188. The Hall–Kier alpha value is -2.29. The summed E-state index contributed by atoms with van der Waals surface area (Å²) in [6, 6.07) is 14.6. The lowest BCUT2D eigenvalue weighted by molar-refractivity contribution is -0.116. The first-order valence-corrected chi connectivity index (χ1v) is 6.28. The minimum absolute atomic E-state index is 0.00220. The van der Waals surface area contributed by atoms with Crippen LogP contribution in [0.4, 0.5) is 5.69 Å². The summed E-state index contributed by atoms with van der Waals surface area (Å²) in [6.07, 6.45) is 1.09. The highest BCUT2D eigenvalue weighted by molar-refractivity contribution is 5.91. The number of phenolic OH excluding ortho intramolecular Hbond substituents is 1. The maximum Gasteiger partial charge on any atom is 0.224 e. The molecule has 19 heavy (non-hydrogen) atoms. The molecule has 2 aromatic rings. The third-order valence-corrected chi connectivity index (χ3v) is 3.00. The van der Waals surface area contributed by atoms with E-state index in [4.69, 9.17) is 0 Å². The maximum absolute atomic E-state index is 11.8. The van der Waals surface area contributed by atoms with Crippen LogP contribution < -0.4 is 5.32 Å². The van der Waals surface area contributed by atoms with Crippen molar-refractivity contribution in [3.8, 4) is 5.75 Å². The minimum Gasteiger partial charge on any atom is -0.508 e. The van der Waals surface area contributed by atoms with Crippen molar-refractivity contribution in [2.24, 2.45) is 0 Å². The van der Waals surface area contributed by atoms with E-state index in [9.17, 15) is 9.90 Å². The van der Waals surface area contributed by atoms with Crippen LogP contribution in [0, 0.1) is 6.92 Å². The van der Waals surface area contributed by atoms with E-state index >= 15 is 0 Å². The predicted octanol–water partition coefficient (Wildman–Crippen LogP) is 3.27. The molecule has 0 atom stereocenters. The lowest BCUT2D eigenvalue weighted by Gasteiger charge is -2.08. The van der Waals surface area contributed by atoms with Gasteiger partial charge in [0.2, 0.25) is 5.91 Å². The van der Waals surface area contributed by atoms with Crippen LogP contribution in [-0.2, 0) is 11.2 Å². The lowest BCUT2D eigenvalue weighted by Crippen LogP contribution is -2.13. The van der Waals surface area contributed by atoms with Gasteiger partial charge in [0.05, 0.1) is 0 Å². The van der Waals surface area contributed by atoms with Crippen LogP contribution in [0.1, 0.15) is 17.5 Å². The number of aromatic hydroxyl groups is 1. The summed E-state index contributed by atoms with van der Waals surface area (Å²) in [5.41, 5.74) is 2.96. The van der Waals surface area contributed by atoms with Crippen LogP contribution in [0.15, 0.2) is 48.5 Å². The van der Waals surface area contributed by atoms with Crippen molar-refractivity contribution in [2.75, 3.05) is 5.32 Å². The highest BCUT2D eigenvalue weighted by Gasteiger charge is 2.04. The summed E-state index contributed by atoms with van der Waals surface area (Å²) >= 11 is 0. The van der Waals surface area contributed by atoms with E-state index in [0.29, 0.717) is 12.8 Å². The van der Waals surface area contributed by atoms with Crippen LogP contribution in [-0.4, -0.2) is 11.0 Å². The van der Waals surface area contributed by atoms with E-state index in [1.165, 1.54) is 0 Å². The van der Waals surface area contributed by atoms with Gasteiger partial charge in [0.25, 0.3) is 0 Å². The molecule has 0 radical (unpaired) electrons. The second-order valence-electron chi connectivity index (χ2n) is 4.53. The van der Waals surface area contributed by atoms with Gasteiger partial charge in [-0.15, -0.1) is 0 Å². The highest BCUT2D eigenvalue weighted by atomic mass is 16.3. The van der Waals surface area contributed by atoms with E-state index in [0.717, 1.165) is 16.8 Å². The zero-order valence-electron chi connectivity index (χ0n) is 10.9. The van der Waals surface area contributed by atoms with Crippen LogP contribution in [0.25, 0.3) is 0 Å². The van der Waals surface area contributed by atoms with Crippen LogP contribution in [0.5, 0.6) is 5.75 Å². The van der Waals surface area contributed by atoms with Gasteiger partial charge in [0.15, 0.2) is 0 Å². The van der Waals surface area contributed by atoms with E-state index in [2.05, 4.69) is 5.32 Å². The molecule has 2 aromatic carbocycles. The molecule has 0 aliphatic carbocycles. The van der Waals surface area contributed by atoms with E-state index in [1.807, 2.05) is 43.3 Å². The molecule has 0 spiro atoms.